The molecule has 2 N–H and O–H groups in total. The fraction of sp³-hybridized carbons (Fsp3) is 0.933. The van der Waals surface area contributed by atoms with Crippen molar-refractivity contribution in [1.82, 2.24) is 10.2 Å². The third-order valence-corrected chi connectivity index (χ3v) is 3.37. The fourth-order valence-electron chi connectivity index (χ4n) is 2.08. The maximum absolute atomic E-state index is 11.6. The maximum Gasteiger partial charge on any atom is 0.220 e. The Morgan fingerprint density at radius 1 is 1.05 bits per heavy atom. The highest BCUT2D eigenvalue weighted by Gasteiger charge is 2.03. The predicted octanol–water partition coefficient (Wildman–Crippen LogP) is 2.17. The van der Waals surface area contributed by atoms with E-state index in [0.717, 1.165) is 19.5 Å². The summed E-state index contributed by atoms with van der Waals surface area (Å²) in [6, 6.07) is 0. The molecule has 0 heterocycles. The van der Waals surface area contributed by atoms with Crippen molar-refractivity contribution in [1.29, 1.82) is 0 Å². The number of nitrogens with zero attached hydrogens (tertiary/aromatic N) is 1. The molecule has 0 fully saturated rings. The number of carbonyl (C=O) groups excluding carboxylic acids is 1. The van der Waals surface area contributed by atoms with Gasteiger partial charge in [-0.25, -0.2) is 0 Å². The van der Waals surface area contributed by atoms with Crippen molar-refractivity contribution in [3.05, 3.63) is 0 Å². The molecule has 0 aliphatic heterocycles. The van der Waals surface area contributed by atoms with Crippen LogP contribution in [0.1, 0.15) is 58.8 Å². The molecule has 114 valence electrons. The molecule has 0 radical (unpaired) electrons. The molecule has 0 atom stereocenters. The largest absolute Gasteiger partial charge is 0.395 e. The molecule has 0 bridgehead atoms. The molecule has 0 saturated heterocycles. The average molecular weight is 272 g/mol. The van der Waals surface area contributed by atoms with Gasteiger partial charge in [-0.3, -0.25) is 9.69 Å². The van der Waals surface area contributed by atoms with Crippen molar-refractivity contribution in [3.8, 4) is 0 Å². The normalized spacial score (nSPS) is 10.9. The van der Waals surface area contributed by atoms with Crippen molar-refractivity contribution < 1.29 is 9.90 Å². The molecule has 0 spiro atoms. The van der Waals surface area contributed by atoms with Gasteiger partial charge < -0.3 is 10.4 Å². The molecule has 4 nitrogen and oxygen atoms in total. The summed E-state index contributed by atoms with van der Waals surface area (Å²) in [5.74, 6) is 0.163. The third kappa shape index (κ3) is 12.2. The molecule has 0 unspecified atom stereocenters. The quantitative estimate of drug-likeness (QED) is 0.505. The summed E-state index contributed by atoms with van der Waals surface area (Å²) in [5, 5.41) is 11.8. The molecule has 0 aromatic carbocycles. The van der Waals surface area contributed by atoms with Crippen LogP contribution in [0, 0.1) is 0 Å². The van der Waals surface area contributed by atoms with Gasteiger partial charge in [-0.05, 0) is 13.0 Å². The summed E-state index contributed by atoms with van der Waals surface area (Å²) < 4.78 is 0. The number of nitrogens with one attached hydrogen (secondary N) is 1. The molecule has 1 amide bonds. The molecule has 0 aliphatic carbocycles. The lowest BCUT2D eigenvalue weighted by Crippen LogP contribution is -2.36. The SMILES string of the molecule is CCCCCCCCC(=O)NCCN(CC)CCO. The van der Waals surface area contributed by atoms with E-state index in [4.69, 9.17) is 5.11 Å². The number of hydrogen-bond acceptors (Lipinski definition) is 3. The molecule has 19 heavy (non-hydrogen) atoms. The van der Waals surface area contributed by atoms with E-state index in [1.165, 1.54) is 32.1 Å². The van der Waals surface area contributed by atoms with Gasteiger partial charge in [0.1, 0.15) is 0 Å². The topological polar surface area (TPSA) is 52.6 Å². The minimum atomic E-state index is 0.163. The molecular weight excluding hydrogens is 240 g/mol. The zero-order valence-electron chi connectivity index (χ0n) is 12.8. The number of rotatable bonds is 13. The molecule has 0 rings (SSSR count). The van der Waals surface area contributed by atoms with Crippen LogP contribution in [0.4, 0.5) is 0 Å². The number of likely N-dealkylation sites (N-methyl/N-ethyl adjacent to an activating group) is 1. The number of aliphatic hydroxyl groups is 1. The standard InChI is InChI=1S/C15H32N2O2/c1-3-5-6-7-8-9-10-15(19)16-11-12-17(4-2)13-14-18/h18H,3-14H2,1-2H3,(H,16,19). The molecule has 0 aliphatic rings. The Kier molecular flexibility index (Phi) is 13.4. The van der Waals surface area contributed by atoms with Crippen LogP contribution >= 0.6 is 0 Å². The number of amides is 1. The van der Waals surface area contributed by atoms with Crippen LogP contribution in [0.15, 0.2) is 0 Å². The number of unbranched alkanes of at least 4 members (excludes halogenated alkanes) is 5. The Morgan fingerprint density at radius 2 is 1.74 bits per heavy atom. The van der Waals surface area contributed by atoms with Gasteiger partial charge in [0, 0.05) is 26.1 Å². The van der Waals surface area contributed by atoms with Crippen LogP contribution in [0.3, 0.4) is 0 Å². The van der Waals surface area contributed by atoms with E-state index in [9.17, 15) is 4.79 Å². The summed E-state index contributed by atoms with van der Waals surface area (Å²) in [6.07, 6.45) is 7.94. The number of carbonyl (C=O) groups is 1. The van der Waals surface area contributed by atoms with Gasteiger partial charge in [0.05, 0.1) is 6.61 Å². The van der Waals surface area contributed by atoms with Gasteiger partial charge in [0.25, 0.3) is 0 Å². The summed E-state index contributed by atoms with van der Waals surface area (Å²) >= 11 is 0. The molecule has 0 aromatic rings. The van der Waals surface area contributed by atoms with Gasteiger partial charge in [-0.15, -0.1) is 0 Å². The second-order valence-corrected chi connectivity index (χ2v) is 5.03. The van der Waals surface area contributed by atoms with Gasteiger partial charge in [-0.2, -0.15) is 0 Å². The Morgan fingerprint density at radius 3 is 2.37 bits per heavy atom. The second-order valence-electron chi connectivity index (χ2n) is 5.03. The molecule has 0 saturated carbocycles. The highest BCUT2D eigenvalue weighted by Crippen LogP contribution is 2.06. The Bertz CT molecular complexity index is 210. The second kappa shape index (κ2) is 13.8. The van der Waals surface area contributed by atoms with E-state index >= 15 is 0 Å². The van der Waals surface area contributed by atoms with Gasteiger partial charge >= 0.3 is 0 Å². The summed E-state index contributed by atoms with van der Waals surface area (Å²) in [7, 11) is 0. The first-order valence-corrected chi connectivity index (χ1v) is 7.84. The molecular formula is C15H32N2O2. The Labute approximate surface area is 118 Å². The number of hydrogen-bond donors (Lipinski definition) is 2. The lowest BCUT2D eigenvalue weighted by Gasteiger charge is -2.19. The zero-order chi connectivity index (χ0) is 14.3. The van der Waals surface area contributed by atoms with E-state index in [1.807, 2.05) is 0 Å². The van der Waals surface area contributed by atoms with Gasteiger partial charge in [0.2, 0.25) is 5.91 Å². The fourth-order valence-corrected chi connectivity index (χ4v) is 2.08. The summed E-state index contributed by atoms with van der Waals surface area (Å²) in [4.78, 5) is 13.7. The van der Waals surface area contributed by atoms with E-state index in [-0.39, 0.29) is 12.5 Å². The van der Waals surface area contributed by atoms with Crippen molar-refractivity contribution in [3.63, 3.8) is 0 Å². The monoisotopic (exact) mass is 272 g/mol. The van der Waals surface area contributed by atoms with E-state index in [1.54, 1.807) is 0 Å². The van der Waals surface area contributed by atoms with Crippen molar-refractivity contribution in [2.24, 2.45) is 0 Å². The summed E-state index contributed by atoms with van der Waals surface area (Å²) in [6.45, 7) is 7.55. The van der Waals surface area contributed by atoms with E-state index < -0.39 is 0 Å². The van der Waals surface area contributed by atoms with E-state index in [2.05, 4.69) is 24.1 Å². The van der Waals surface area contributed by atoms with Crippen LogP contribution in [-0.2, 0) is 4.79 Å². The highest BCUT2D eigenvalue weighted by atomic mass is 16.3. The maximum atomic E-state index is 11.6. The summed E-state index contributed by atoms with van der Waals surface area (Å²) in [5.41, 5.74) is 0. The van der Waals surface area contributed by atoms with Crippen LogP contribution in [0.25, 0.3) is 0 Å². The highest BCUT2D eigenvalue weighted by molar-refractivity contribution is 5.75. The third-order valence-electron chi connectivity index (χ3n) is 3.37. The van der Waals surface area contributed by atoms with Crippen LogP contribution in [0.5, 0.6) is 0 Å². The first-order valence-electron chi connectivity index (χ1n) is 7.84. The lowest BCUT2D eigenvalue weighted by molar-refractivity contribution is -0.121. The minimum Gasteiger partial charge on any atom is -0.395 e. The average Bonchev–Trinajstić information content (AvgIpc) is 2.41. The van der Waals surface area contributed by atoms with E-state index in [0.29, 0.717) is 19.5 Å². The van der Waals surface area contributed by atoms with Crippen molar-refractivity contribution >= 4 is 5.91 Å². The van der Waals surface area contributed by atoms with Crippen LogP contribution < -0.4 is 5.32 Å². The predicted molar refractivity (Wildman–Crippen MR) is 80.2 cm³/mol. The Balaban J connectivity index is 3.38. The minimum absolute atomic E-state index is 0.163. The molecule has 4 heteroatoms. The number of aliphatic hydroxyl groups excluding tert-OH is 1. The van der Waals surface area contributed by atoms with Crippen molar-refractivity contribution in [2.45, 2.75) is 58.8 Å². The van der Waals surface area contributed by atoms with Crippen molar-refractivity contribution in [2.75, 3.05) is 32.8 Å². The Hall–Kier alpha value is -0.610. The smallest absolute Gasteiger partial charge is 0.220 e. The van der Waals surface area contributed by atoms with Gasteiger partial charge in [0.15, 0.2) is 0 Å². The van der Waals surface area contributed by atoms with Crippen LogP contribution in [0.2, 0.25) is 0 Å². The zero-order valence-corrected chi connectivity index (χ0v) is 12.8. The van der Waals surface area contributed by atoms with Crippen LogP contribution in [-0.4, -0.2) is 48.7 Å². The molecule has 0 aromatic heterocycles. The first-order chi connectivity index (χ1) is 9.24. The first kappa shape index (κ1) is 18.4. The lowest BCUT2D eigenvalue weighted by atomic mass is 10.1. The van der Waals surface area contributed by atoms with Gasteiger partial charge in [-0.1, -0.05) is 46.0 Å².